The predicted octanol–water partition coefficient (Wildman–Crippen LogP) is 1.52. The topological polar surface area (TPSA) is 54.4 Å². The van der Waals surface area contributed by atoms with Crippen LogP contribution in [0.15, 0.2) is 30.3 Å². The Morgan fingerprint density at radius 3 is 2.43 bits per heavy atom. The molecule has 3 nitrogen and oxygen atoms in total. The standard InChI is InChI=1S/C11H12O3/c1-11(8-12,10(13)14)7-9-5-3-2-4-6-9/h2-6,8H,7H2,1H3,(H,13,14). The monoisotopic (exact) mass is 192 g/mol. The molecule has 0 aliphatic carbocycles. The van der Waals surface area contributed by atoms with Crippen LogP contribution in [-0.2, 0) is 16.0 Å². The van der Waals surface area contributed by atoms with Crippen molar-refractivity contribution < 1.29 is 14.7 Å². The predicted molar refractivity (Wildman–Crippen MR) is 52.0 cm³/mol. The fourth-order valence-electron chi connectivity index (χ4n) is 1.19. The molecule has 14 heavy (non-hydrogen) atoms. The highest BCUT2D eigenvalue weighted by molar-refractivity contribution is 5.91. The SMILES string of the molecule is CC(C=O)(Cc1ccccc1)C(=O)O. The number of carboxylic acid groups (broad SMARTS) is 1. The third-order valence-electron chi connectivity index (χ3n) is 2.16. The molecule has 74 valence electrons. The molecule has 0 aromatic heterocycles. The zero-order valence-corrected chi connectivity index (χ0v) is 7.93. The van der Waals surface area contributed by atoms with Gasteiger partial charge in [-0.1, -0.05) is 30.3 Å². The molecule has 0 heterocycles. The van der Waals surface area contributed by atoms with Gasteiger partial charge in [0.2, 0.25) is 0 Å². The Kier molecular flexibility index (Phi) is 3.02. The van der Waals surface area contributed by atoms with Gasteiger partial charge >= 0.3 is 5.97 Å². The number of rotatable bonds is 4. The molecule has 0 saturated heterocycles. The summed E-state index contributed by atoms with van der Waals surface area (Å²) >= 11 is 0. The third-order valence-corrected chi connectivity index (χ3v) is 2.16. The zero-order chi connectivity index (χ0) is 10.6. The number of carboxylic acids is 1. The van der Waals surface area contributed by atoms with Crippen LogP contribution in [0.25, 0.3) is 0 Å². The highest BCUT2D eigenvalue weighted by atomic mass is 16.4. The molecule has 3 heteroatoms. The summed E-state index contributed by atoms with van der Waals surface area (Å²) in [5.74, 6) is -1.09. The Morgan fingerprint density at radius 1 is 1.43 bits per heavy atom. The van der Waals surface area contributed by atoms with E-state index in [0.29, 0.717) is 6.29 Å². The molecule has 0 aliphatic rings. The van der Waals surface area contributed by atoms with Crippen molar-refractivity contribution in [2.24, 2.45) is 5.41 Å². The number of hydrogen-bond acceptors (Lipinski definition) is 2. The van der Waals surface area contributed by atoms with Crippen LogP contribution >= 0.6 is 0 Å². The van der Waals surface area contributed by atoms with Crippen molar-refractivity contribution in [2.45, 2.75) is 13.3 Å². The van der Waals surface area contributed by atoms with E-state index in [9.17, 15) is 9.59 Å². The fourth-order valence-corrected chi connectivity index (χ4v) is 1.19. The first-order chi connectivity index (χ1) is 6.58. The molecule has 1 aromatic carbocycles. The van der Waals surface area contributed by atoms with Crippen LogP contribution in [0, 0.1) is 5.41 Å². The van der Waals surface area contributed by atoms with Gasteiger partial charge in [-0.15, -0.1) is 0 Å². The molecule has 0 radical (unpaired) electrons. The normalized spacial score (nSPS) is 14.4. The molecule has 0 saturated carbocycles. The first-order valence-electron chi connectivity index (χ1n) is 4.32. The Bertz CT molecular complexity index is 332. The van der Waals surface area contributed by atoms with Gasteiger partial charge in [0.15, 0.2) is 0 Å². The van der Waals surface area contributed by atoms with Crippen molar-refractivity contribution >= 4 is 12.3 Å². The lowest BCUT2D eigenvalue weighted by Crippen LogP contribution is -2.31. The van der Waals surface area contributed by atoms with Gasteiger partial charge in [0.05, 0.1) is 0 Å². The summed E-state index contributed by atoms with van der Waals surface area (Å²) in [5, 5.41) is 8.86. The molecule has 0 bridgehead atoms. The van der Waals surface area contributed by atoms with E-state index in [2.05, 4.69) is 0 Å². The van der Waals surface area contributed by atoms with Gasteiger partial charge < -0.3 is 9.90 Å². The maximum Gasteiger partial charge on any atom is 0.316 e. The zero-order valence-electron chi connectivity index (χ0n) is 7.93. The molecular formula is C11H12O3. The molecule has 1 rings (SSSR count). The molecule has 0 fully saturated rings. The Labute approximate surface area is 82.4 Å². The lowest BCUT2D eigenvalue weighted by atomic mass is 9.85. The van der Waals surface area contributed by atoms with Crippen molar-refractivity contribution in [1.29, 1.82) is 0 Å². The summed E-state index contributed by atoms with van der Waals surface area (Å²) < 4.78 is 0. The van der Waals surface area contributed by atoms with Gasteiger partial charge in [0, 0.05) is 0 Å². The Hall–Kier alpha value is -1.64. The van der Waals surface area contributed by atoms with Crippen molar-refractivity contribution in [3.05, 3.63) is 35.9 Å². The van der Waals surface area contributed by atoms with Crippen LogP contribution in [0.5, 0.6) is 0 Å². The summed E-state index contributed by atoms with van der Waals surface area (Å²) in [5.41, 5.74) is -0.467. The van der Waals surface area contributed by atoms with Crippen molar-refractivity contribution in [3.8, 4) is 0 Å². The third kappa shape index (κ3) is 2.19. The minimum atomic E-state index is -1.32. The van der Waals surface area contributed by atoms with E-state index in [1.54, 1.807) is 0 Å². The van der Waals surface area contributed by atoms with E-state index in [-0.39, 0.29) is 6.42 Å². The highest BCUT2D eigenvalue weighted by Crippen LogP contribution is 2.20. The first-order valence-corrected chi connectivity index (χ1v) is 4.32. The molecule has 0 amide bonds. The second-order valence-electron chi connectivity index (χ2n) is 3.50. The van der Waals surface area contributed by atoms with E-state index in [0.717, 1.165) is 5.56 Å². The highest BCUT2D eigenvalue weighted by Gasteiger charge is 2.32. The number of aldehydes is 1. The van der Waals surface area contributed by atoms with Crippen molar-refractivity contribution in [1.82, 2.24) is 0 Å². The molecule has 1 atom stereocenters. The average Bonchev–Trinajstić information content (AvgIpc) is 2.19. The smallest absolute Gasteiger partial charge is 0.316 e. The summed E-state index contributed by atoms with van der Waals surface area (Å²) in [6, 6.07) is 9.11. The van der Waals surface area contributed by atoms with Crippen LogP contribution in [-0.4, -0.2) is 17.4 Å². The molecular weight excluding hydrogens is 180 g/mol. The van der Waals surface area contributed by atoms with Gasteiger partial charge in [-0.25, -0.2) is 0 Å². The summed E-state index contributed by atoms with van der Waals surface area (Å²) in [4.78, 5) is 21.5. The van der Waals surface area contributed by atoms with Gasteiger partial charge in [-0.3, -0.25) is 4.79 Å². The van der Waals surface area contributed by atoms with E-state index in [1.165, 1.54) is 6.92 Å². The van der Waals surface area contributed by atoms with E-state index in [1.807, 2.05) is 30.3 Å². The Balaban J connectivity index is 2.86. The molecule has 0 spiro atoms. The lowest BCUT2D eigenvalue weighted by molar-refractivity contribution is -0.150. The van der Waals surface area contributed by atoms with Gasteiger partial charge in [0.1, 0.15) is 11.7 Å². The van der Waals surface area contributed by atoms with E-state index >= 15 is 0 Å². The molecule has 1 N–H and O–H groups in total. The second-order valence-corrected chi connectivity index (χ2v) is 3.50. The average molecular weight is 192 g/mol. The largest absolute Gasteiger partial charge is 0.481 e. The molecule has 0 aliphatic heterocycles. The quantitative estimate of drug-likeness (QED) is 0.581. The minimum Gasteiger partial charge on any atom is -0.481 e. The van der Waals surface area contributed by atoms with Crippen molar-refractivity contribution in [2.75, 3.05) is 0 Å². The number of hydrogen-bond donors (Lipinski definition) is 1. The van der Waals surface area contributed by atoms with E-state index < -0.39 is 11.4 Å². The number of carbonyl (C=O) groups is 2. The van der Waals surface area contributed by atoms with Gasteiger partial charge in [0.25, 0.3) is 0 Å². The van der Waals surface area contributed by atoms with E-state index in [4.69, 9.17) is 5.11 Å². The lowest BCUT2D eigenvalue weighted by Gasteiger charge is -2.16. The van der Waals surface area contributed by atoms with Crippen LogP contribution in [0.4, 0.5) is 0 Å². The molecule has 1 unspecified atom stereocenters. The van der Waals surface area contributed by atoms with Crippen LogP contribution in [0.1, 0.15) is 12.5 Å². The van der Waals surface area contributed by atoms with Crippen molar-refractivity contribution in [3.63, 3.8) is 0 Å². The first kappa shape index (κ1) is 10.4. The van der Waals surface area contributed by atoms with Crippen LogP contribution in [0.2, 0.25) is 0 Å². The summed E-state index contributed by atoms with van der Waals surface area (Å²) in [7, 11) is 0. The minimum absolute atomic E-state index is 0.229. The maximum absolute atomic E-state index is 10.8. The second kappa shape index (κ2) is 4.05. The number of benzene rings is 1. The van der Waals surface area contributed by atoms with Crippen LogP contribution in [0.3, 0.4) is 0 Å². The van der Waals surface area contributed by atoms with Gasteiger partial charge in [-0.2, -0.15) is 0 Å². The van der Waals surface area contributed by atoms with Crippen LogP contribution < -0.4 is 0 Å². The van der Waals surface area contributed by atoms with Gasteiger partial charge in [-0.05, 0) is 18.9 Å². The molecule has 1 aromatic rings. The summed E-state index contributed by atoms with van der Waals surface area (Å²) in [6.45, 7) is 1.43. The maximum atomic E-state index is 10.8. The summed E-state index contributed by atoms with van der Waals surface area (Å²) in [6.07, 6.45) is 0.717. The number of aliphatic carboxylic acids is 1. The Morgan fingerprint density at radius 2 is 2.00 bits per heavy atom. The fraction of sp³-hybridized carbons (Fsp3) is 0.273. The number of carbonyl (C=O) groups excluding carboxylic acids is 1.